The lowest BCUT2D eigenvalue weighted by Crippen LogP contribution is -2.55. The van der Waals surface area contributed by atoms with Gasteiger partial charge in [-0.25, -0.2) is 0 Å². The number of hydrogen-bond donors (Lipinski definition) is 0. The third-order valence-corrected chi connectivity index (χ3v) is 2.85. The van der Waals surface area contributed by atoms with E-state index in [1.54, 1.807) is 4.90 Å². The summed E-state index contributed by atoms with van der Waals surface area (Å²) in [5.41, 5.74) is 0. The molecule has 0 aromatic carbocycles. The number of hydrogen-bond acceptors (Lipinski definition) is 3. The van der Waals surface area contributed by atoms with Crippen LogP contribution < -0.4 is 0 Å². The number of rotatable bonds is 4. The van der Waals surface area contributed by atoms with Gasteiger partial charge in [0, 0.05) is 32.1 Å². The minimum absolute atomic E-state index is 0.301. The van der Waals surface area contributed by atoms with Crippen molar-refractivity contribution in [3.63, 3.8) is 0 Å². The molecule has 2 fully saturated rings. The maximum Gasteiger partial charge on any atom is 0.312 e. The van der Waals surface area contributed by atoms with E-state index in [1.807, 2.05) is 0 Å². The van der Waals surface area contributed by atoms with Crippen molar-refractivity contribution in [3.05, 3.63) is 0 Å². The molecule has 1 saturated carbocycles. The summed E-state index contributed by atoms with van der Waals surface area (Å²) >= 11 is 0. The molecule has 5 nitrogen and oxygen atoms in total. The molecule has 1 aliphatic carbocycles. The van der Waals surface area contributed by atoms with Crippen LogP contribution in [0.2, 0.25) is 0 Å². The van der Waals surface area contributed by atoms with Crippen LogP contribution in [0.15, 0.2) is 0 Å². The molecule has 0 aromatic rings. The minimum atomic E-state index is -0.449. The molecular weight excluding hydrogens is 196 g/mol. The number of nitrogens with zero attached hydrogens (tertiary/aromatic N) is 2. The molecule has 0 aromatic heterocycles. The Bertz CT molecular complexity index is 299. The molecule has 1 aliphatic heterocycles. The Kier molecular flexibility index (Phi) is 2.70. The largest absolute Gasteiger partial charge is 0.332 e. The topological polar surface area (TPSA) is 57.7 Å². The number of carbonyl (C=O) groups excluding carboxylic acids is 3. The fourth-order valence-corrected chi connectivity index (χ4v) is 1.85. The first-order valence-corrected chi connectivity index (χ1v) is 5.27. The Hall–Kier alpha value is -1.39. The molecule has 2 amide bonds. The average molecular weight is 210 g/mol. The van der Waals surface area contributed by atoms with Gasteiger partial charge in [-0.3, -0.25) is 9.59 Å². The molecule has 0 radical (unpaired) electrons. The zero-order chi connectivity index (χ0) is 10.8. The maximum atomic E-state index is 11.6. The lowest BCUT2D eigenvalue weighted by atomic mass is 10.2. The lowest BCUT2D eigenvalue weighted by molar-refractivity contribution is -0.156. The summed E-state index contributed by atoms with van der Waals surface area (Å²) in [7, 11) is 0. The van der Waals surface area contributed by atoms with Crippen molar-refractivity contribution in [3.8, 4) is 0 Å². The number of carbonyl (C=O) groups is 3. The number of piperazine rings is 1. The van der Waals surface area contributed by atoms with Crippen molar-refractivity contribution in [2.75, 3.05) is 19.6 Å². The molecule has 1 saturated heterocycles. The van der Waals surface area contributed by atoms with Crippen molar-refractivity contribution < 1.29 is 14.4 Å². The SMILES string of the molecule is O=CCCN1CCN(C2CC2)C(=O)C1=O. The van der Waals surface area contributed by atoms with E-state index in [0.29, 0.717) is 32.1 Å². The Morgan fingerprint density at radius 1 is 1.20 bits per heavy atom. The van der Waals surface area contributed by atoms with Gasteiger partial charge in [0.15, 0.2) is 0 Å². The van der Waals surface area contributed by atoms with Gasteiger partial charge in [0.25, 0.3) is 0 Å². The summed E-state index contributed by atoms with van der Waals surface area (Å²) in [6, 6.07) is 0.301. The van der Waals surface area contributed by atoms with Crippen LogP contribution in [0, 0.1) is 0 Å². The van der Waals surface area contributed by atoms with E-state index >= 15 is 0 Å². The van der Waals surface area contributed by atoms with E-state index in [2.05, 4.69) is 0 Å². The zero-order valence-electron chi connectivity index (χ0n) is 8.52. The van der Waals surface area contributed by atoms with Crippen LogP contribution >= 0.6 is 0 Å². The average Bonchev–Trinajstić information content (AvgIpc) is 3.04. The van der Waals surface area contributed by atoms with Gasteiger partial charge in [-0.1, -0.05) is 0 Å². The van der Waals surface area contributed by atoms with Crippen molar-refractivity contribution in [1.29, 1.82) is 0 Å². The van der Waals surface area contributed by atoms with Crippen LogP contribution in [0.25, 0.3) is 0 Å². The monoisotopic (exact) mass is 210 g/mol. The van der Waals surface area contributed by atoms with Crippen molar-refractivity contribution in [1.82, 2.24) is 9.80 Å². The van der Waals surface area contributed by atoms with Crippen LogP contribution in [0.3, 0.4) is 0 Å². The molecule has 0 spiro atoms. The molecule has 0 bridgehead atoms. The minimum Gasteiger partial charge on any atom is -0.332 e. The van der Waals surface area contributed by atoms with E-state index in [9.17, 15) is 14.4 Å². The van der Waals surface area contributed by atoms with Crippen molar-refractivity contribution in [2.24, 2.45) is 0 Å². The van der Waals surface area contributed by atoms with Gasteiger partial charge in [-0.05, 0) is 12.8 Å². The molecule has 2 aliphatic rings. The Balaban J connectivity index is 1.94. The molecule has 15 heavy (non-hydrogen) atoms. The predicted molar refractivity (Wildman–Crippen MR) is 52.0 cm³/mol. The van der Waals surface area contributed by atoms with Crippen LogP contribution in [0.4, 0.5) is 0 Å². The lowest BCUT2D eigenvalue weighted by Gasteiger charge is -2.33. The van der Waals surface area contributed by atoms with Crippen LogP contribution in [0.5, 0.6) is 0 Å². The van der Waals surface area contributed by atoms with E-state index in [1.165, 1.54) is 4.90 Å². The molecule has 82 valence electrons. The molecule has 0 unspecified atom stereocenters. The third kappa shape index (κ3) is 2.00. The van der Waals surface area contributed by atoms with E-state index < -0.39 is 11.8 Å². The summed E-state index contributed by atoms with van der Waals surface area (Å²) in [6.07, 6.45) is 3.12. The molecule has 5 heteroatoms. The highest BCUT2D eigenvalue weighted by atomic mass is 16.2. The Labute approximate surface area is 88.0 Å². The fourth-order valence-electron chi connectivity index (χ4n) is 1.85. The first kappa shape index (κ1) is 10.1. The number of amides is 2. The van der Waals surface area contributed by atoms with Gasteiger partial charge in [0.2, 0.25) is 0 Å². The zero-order valence-corrected chi connectivity index (χ0v) is 8.52. The quantitative estimate of drug-likeness (QED) is 0.460. The van der Waals surface area contributed by atoms with E-state index in [-0.39, 0.29) is 0 Å². The van der Waals surface area contributed by atoms with Gasteiger partial charge in [0.05, 0.1) is 0 Å². The van der Waals surface area contributed by atoms with Crippen LogP contribution in [-0.2, 0) is 14.4 Å². The van der Waals surface area contributed by atoms with Crippen molar-refractivity contribution >= 4 is 18.1 Å². The standard InChI is InChI=1S/C10H14N2O3/c13-7-1-4-11-5-6-12(8-2-3-8)10(15)9(11)14/h7-8H,1-6H2. The maximum absolute atomic E-state index is 11.6. The van der Waals surface area contributed by atoms with Gasteiger partial charge in [-0.15, -0.1) is 0 Å². The fraction of sp³-hybridized carbons (Fsp3) is 0.700. The second-order valence-electron chi connectivity index (χ2n) is 3.98. The van der Waals surface area contributed by atoms with Crippen LogP contribution in [-0.4, -0.2) is 53.6 Å². The summed E-state index contributed by atoms with van der Waals surface area (Å²) in [5.74, 6) is -0.843. The first-order chi connectivity index (χ1) is 7.24. The molecule has 1 heterocycles. The molecular formula is C10H14N2O3. The Morgan fingerprint density at radius 3 is 2.53 bits per heavy atom. The van der Waals surface area contributed by atoms with Crippen LogP contribution in [0.1, 0.15) is 19.3 Å². The number of aldehydes is 1. The second-order valence-corrected chi connectivity index (χ2v) is 3.98. The second kappa shape index (κ2) is 4.00. The molecule has 0 N–H and O–H groups in total. The molecule has 2 rings (SSSR count). The highest BCUT2D eigenvalue weighted by Gasteiger charge is 2.40. The van der Waals surface area contributed by atoms with Crippen molar-refractivity contribution in [2.45, 2.75) is 25.3 Å². The van der Waals surface area contributed by atoms with E-state index in [4.69, 9.17) is 0 Å². The molecule has 0 atom stereocenters. The summed E-state index contributed by atoms with van der Waals surface area (Å²) in [4.78, 5) is 36.5. The van der Waals surface area contributed by atoms with Gasteiger partial charge in [-0.2, -0.15) is 0 Å². The third-order valence-electron chi connectivity index (χ3n) is 2.85. The van der Waals surface area contributed by atoms with Gasteiger partial charge >= 0.3 is 11.8 Å². The smallest absolute Gasteiger partial charge is 0.312 e. The summed E-state index contributed by atoms with van der Waals surface area (Å²) in [5, 5.41) is 0. The predicted octanol–water partition coefficient (Wildman–Crippen LogP) is -0.591. The first-order valence-electron chi connectivity index (χ1n) is 5.27. The van der Waals surface area contributed by atoms with Gasteiger partial charge < -0.3 is 14.6 Å². The highest BCUT2D eigenvalue weighted by Crippen LogP contribution is 2.28. The Morgan fingerprint density at radius 2 is 1.93 bits per heavy atom. The normalized spacial score (nSPS) is 22.1. The van der Waals surface area contributed by atoms with E-state index in [0.717, 1.165) is 19.1 Å². The summed E-state index contributed by atoms with van der Waals surface area (Å²) < 4.78 is 0. The van der Waals surface area contributed by atoms with Gasteiger partial charge in [0.1, 0.15) is 6.29 Å². The summed E-state index contributed by atoms with van der Waals surface area (Å²) in [6.45, 7) is 1.55. The highest BCUT2D eigenvalue weighted by molar-refractivity contribution is 6.35.